The van der Waals surface area contributed by atoms with Gasteiger partial charge in [0.25, 0.3) is 0 Å². The number of hydrogen-bond acceptors (Lipinski definition) is 2. The minimum Gasteiger partial charge on any atom is -0.497 e. The molecule has 0 radical (unpaired) electrons. The topological polar surface area (TPSA) is 29.5 Å². The molecule has 6 atom stereocenters. The molecule has 2 nitrogen and oxygen atoms in total. The Hall–Kier alpha value is -1.02. The number of hydrogen-bond donors (Lipinski definition) is 1. The van der Waals surface area contributed by atoms with Gasteiger partial charge in [-0.25, -0.2) is 0 Å². The van der Waals surface area contributed by atoms with Crippen LogP contribution in [0.2, 0.25) is 0 Å². The summed E-state index contributed by atoms with van der Waals surface area (Å²) >= 11 is 0. The Kier molecular flexibility index (Phi) is 3.95. The number of ether oxygens (including phenoxy) is 1. The van der Waals surface area contributed by atoms with Gasteiger partial charge in [0.15, 0.2) is 0 Å². The van der Waals surface area contributed by atoms with Crippen molar-refractivity contribution in [3.8, 4) is 5.75 Å². The molecule has 0 spiro atoms. The van der Waals surface area contributed by atoms with E-state index in [1.807, 2.05) is 0 Å². The molecule has 3 aliphatic rings. The monoisotopic (exact) mass is 328 g/mol. The number of aliphatic hydroxyl groups is 1. The quantitative estimate of drug-likeness (QED) is 0.845. The summed E-state index contributed by atoms with van der Waals surface area (Å²) in [4.78, 5) is 0. The molecule has 1 aromatic rings. The Bertz CT molecular complexity index is 622. The Labute approximate surface area is 146 Å². The van der Waals surface area contributed by atoms with Gasteiger partial charge in [-0.3, -0.25) is 0 Å². The third-order valence-corrected chi connectivity index (χ3v) is 7.83. The third-order valence-electron chi connectivity index (χ3n) is 7.83. The lowest BCUT2D eigenvalue weighted by Gasteiger charge is -2.50. The van der Waals surface area contributed by atoms with Crippen molar-refractivity contribution in [2.75, 3.05) is 7.11 Å². The molecule has 1 N–H and O–H groups in total. The molecule has 2 saturated carbocycles. The van der Waals surface area contributed by atoms with Crippen LogP contribution in [-0.4, -0.2) is 18.3 Å². The fourth-order valence-electron chi connectivity index (χ4n) is 6.39. The van der Waals surface area contributed by atoms with Gasteiger partial charge in [0.1, 0.15) is 5.75 Å². The lowest BCUT2D eigenvalue weighted by molar-refractivity contribution is -0.0371. The van der Waals surface area contributed by atoms with Crippen LogP contribution in [0.4, 0.5) is 0 Å². The molecule has 0 aliphatic heterocycles. The van der Waals surface area contributed by atoms with Crippen LogP contribution in [-0.2, 0) is 6.42 Å². The zero-order valence-corrected chi connectivity index (χ0v) is 15.6. The van der Waals surface area contributed by atoms with E-state index in [4.69, 9.17) is 4.74 Å². The van der Waals surface area contributed by atoms with Crippen LogP contribution >= 0.6 is 0 Å². The number of benzene rings is 1. The molecule has 0 amide bonds. The number of aryl methyl sites for hydroxylation is 1. The van der Waals surface area contributed by atoms with E-state index in [9.17, 15) is 5.11 Å². The number of aliphatic hydroxyl groups excluding tert-OH is 1. The number of rotatable bonds is 2. The van der Waals surface area contributed by atoms with Crippen molar-refractivity contribution >= 4 is 0 Å². The van der Waals surface area contributed by atoms with Crippen LogP contribution in [0.25, 0.3) is 0 Å². The van der Waals surface area contributed by atoms with Crippen molar-refractivity contribution in [1.82, 2.24) is 0 Å². The minimum atomic E-state index is -0.110. The normalized spacial score (nSPS) is 40.8. The van der Waals surface area contributed by atoms with Gasteiger partial charge in [-0.15, -0.1) is 0 Å². The molecule has 0 aromatic heterocycles. The third kappa shape index (κ3) is 2.25. The van der Waals surface area contributed by atoms with Gasteiger partial charge in [0.2, 0.25) is 0 Å². The summed E-state index contributed by atoms with van der Waals surface area (Å²) in [6.07, 6.45) is 5.97. The molecule has 0 heterocycles. The Balaban J connectivity index is 1.66. The van der Waals surface area contributed by atoms with Gasteiger partial charge in [0, 0.05) is 0 Å². The first-order chi connectivity index (χ1) is 11.5. The SMILES string of the molecule is COc1ccc2c(c1)CC[C@@H]1[C@@H]2CC[C@]2(C)[C@@H](O)[C@@H](C(C)C)C[C@@H]12. The highest BCUT2D eigenvalue weighted by molar-refractivity contribution is 5.40. The first-order valence-corrected chi connectivity index (χ1v) is 9.80. The van der Waals surface area contributed by atoms with Crippen molar-refractivity contribution in [3.05, 3.63) is 29.3 Å². The fraction of sp³-hybridized carbons (Fsp3) is 0.727. The van der Waals surface area contributed by atoms with E-state index in [0.717, 1.165) is 11.7 Å². The largest absolute Gasteiger partial charge is 0.497 e. The molecule has 3 aliphatic carbocycles. The lowest BCUT2D eigenvalue weighted by atomic mass is 9.55. The molecule has 24 heavy (non-hydrogen) atoms. The molecule has 2 heteroatoms. The maximum Gasteiger partial charge on any atom is 0.119 e. The highest BCUT2D eigenvalue weighted by Crippen LogP contribution is 2.63. The summed E-state index contributed by atoms with van der Waals surface area (Å²) in [5, 5.41) is 11.1. The van der Waals surface area contributed by atoms with Crippen molar-refractivity contribution in [2.45, 2.75) is 64.9 Å². The van der Waals surface area contributed by atoms with Crippen molar-refractivity contribution in [3.63, 3.8) is 0 Å². The second-order valence-electron chi connectivity index (χ2n) is 9.11. The van der Waals surface area contributed by atoms with E-state index in [-0.39, 0.29) is 11.5 Å². The molecule has 0 saturated heterocycles. The van der Waals surface area contributed by atoms with Crippen molar-refractivity contribution in [2.24, 2.45) is 29.1 Å². The second-order valence-corrected chi connectivity index (χ2v) is 9.11. The van der Waals surface area contributed by atoms with Crippen LogP contribution < -0.4 is 4.74 Å². The second kappa shape index (κ2) is 5.76. The van der Waals surface area contributed by atoms with Gasteiger partial charge in [0.05, 0.1) is 13.2 Å². The van der Waals surface area contributed by atoms with Crippen molar-refractivity contribution < 1.29 is 9.84 Å². The van der Waals surface area contributed by atoms with Crippen LogP contribution in [0.3, 0.4) is 0 Å². The average molecular weight is 328 g/mol. The molecular formula is C22H32O2. The van der Waals surface area contributed by atoms with Gasteiger partial charge in [-0.1, -0.05) is 26.8 Å². The standard InChI is InChI=1S/C22H32O2/c1-13(2)19-12-20-18-7-5-14-11-15(24-4)6-8-16(14)17(18)9-10-22(20,3)21(19)23/h6,8,11,13,17-21,23H,5,7,9-10,12H2,1-4H3/t17-,18-,19-,20+,21+,22+/m1/s1. The molecule has 4 rings (SSSR count). The Morgan fingerprint density at radius 2 is 2.04 bits per heavy atom. The van der Waals surface area contributed by atoms with Crippen LogP contribution in [0, 0.1) is 29.1 Å². The fourth-order valence-corrected chi connectivity index (χ4v) is 6.39. The van der Waals surface area contributed by atoms with E-state index in [0.29, 0.717) is 23.7 Å². The highest BCUT2D eigenvalue weighted by atomic mass is 16.5. The van der Waals surface area contributed by atoms with Crippen LogP contribution in [0.1, 0.15) is 63.5 Å². The van der Waals surface area contributed by atoms with Crippen molar-refractivity contribution in [1.29, 1.82) is 0 Å². The van der Waals surface area contributed by atoms with Crippen LogP contribution in [0.5, 0.6) is 5.75 Å². The Morgan fingerprint density at radius 1 is 1.25 bits per heavy atom. The molecule has 132 valence electrons. The maximum absolute atomic E-state index is 11.1. The first kappa shape index (κ1) is 16.4. The number of fused-ring (bicyclic) bond motifs is 5. The molecule has 0 bridgehead atoms. The summed E-state index contributed by atoms with van der Waals surface area (Å²) in [5.41, 5.74) is 3.20. The maximum atomic E-state index is 11.1. The summed E-state index contributed by atoms with van der Waals surface area (Å²) in [6.45, 7) is 6.95. The summed E-state index contributed by atoms with van der Waals surface area (Å²) in [5.74, 6) is 4.19. The predicted octanol–water partition coefficient (Wildman–Crippen LogP) is 4.79. The summed E-state index contributed by atoms with van der Waals surface area (Å²) in [7, 11) is 1.76. The minimum absolute atomic E-state index is 0.110. The molecular weight excluding hydrogens is 296 g/mol. The zero-order chi connectivity index (χ0) is 17.1. The van der Waals surface area contributed by atoms with E-state index in [1.54, 1.807) is 12.7 Å². The smallest absolute Gasteiger partial charge is 0.119 e. The summed E-state index contributed by atoms with van der Waals surface area (Å²) < 4.78 is 5.42. The average Bonchev–Trinajstić information content (AvgIpc) is 2.86. The molecule has 0 unspecified atom stereocenters. The molecule has 2 fully saturated rings. The lowest BCUT2D eigenvalue weighted by Crippen LogP contribution is -2.44. The van der Waals surface area contributed by atoms with E-state index >= 15 is 0 Å². The Morgan fingerprint density at radius 3 is 2.75 bits per heavy atom. The predicted molar refractivity (Wildman–Crippen MR) is 97.3 cm³/mol. The van der Waals surface area contributed by atoms with Crippen LogP contribution in [0.15, 0.2) is 18.2 Å². The van der Waals surface area contributed by atoms with Gasteiger partial charge in [-0.05, 0) is 90.4 Å². The van der Waals surface area contributed by atoms with E-state index in [2.05, 4.69) is 39.0 Å². The van der Waals surface area contributed by atoms with E-state index < -0.39 is 0 Å². The highest BCUT2D eigenvalue weighted by Gasteiger charge is 2.58. The van der Waals surface area contributed by atoms with Gasteiger partial charge in [-0.2, -0.15) is 0 Å². The van der Waals surface area contributed by atoms with E-state index in [1.165, 1.54) is 37.7 Å². The zero-order valence-electron chi connectivity index (χ0n) is 15.6. The summed E-state index contributed by atoms with van der Waals surface area (Å²) in [6, 6.07) is 6.70. The number of methoxy groups -OCH3 is 1. The van der Waals surface area contributed by atoms with Gasteiger partial charge >= 0.3 is 0 Å². The molecule has 1 aromatic carbocycles. The van der Waals surface area contributed by atoms with Gasteiger partial charge < -0.3 is 9.84 Å². The first-order valence-electron chi connectivity index (χ1n) is 9.80.